The van der Waals surface area contributed by atoms with Gasteiger partial charge in [0.05, 0.1) is 25.4 Å². The molecule has 0 saturated carbocycles. The fourth-order valence-corrected chi connectivity index (χ4v) is 12.7. The molecule has 3 N–H and O–H groups in total. The van der Waals surface area contributed by atoms with Crippen molar-refractivity contribution in [2.24, 2.45) is 0 Å². The molecule has 1 amide bonds. The van der Waals surface area contributed by atoms with Crippen LogP contribution in [0.3, 0.4) is 0 Å². The van der Waals surface area contributed by atoms with Crippen molar-refractivity contribution in [3.05, 3.63) is 48.6 Å². The highest BCUT2D eigenvalue weighted by atomic mass is 16.5. The molecule has 0 radical (unpaired) electrons. The number of allylic oxidation sites excluding steroid dienone is 7. The lowest BCUT2D eigenvalue weighted by molar-refractivity contribution is -0.143. The van der Waals surface area contributed by atoms with Crippen molar-refractivity contribution in [3.63, 3.8) is 0 Å². The lowest BCUT2D eigenvalue weighted by atomic mass is 10.0. The Hall–Kier alpha value is -2.18. The molecule has 0 aliphatic heterocycles. The van der Waals surface area contributed by atoms with E-state index in [1.807, 2.05) is 6.08 Å². The molecule has 6 heteroatoms. The van der Waals surface area contributed by atoms with Gasteiger partial charge in [-0.2, -0.15) is 0 Å². The van der Waals surface area contributed by atoms with E-state index < -0.39 is 12.1 Å². The van der Waals surface area contributed by atoms with Crippen molar-refractivity contribution < 1.29 is 24.5 Å². The van der Waals surface area contributed by atoms with E-state index >= 15 is 0 Å². The van der Waals surface area contributed by atoms with E-state index in [0.29, 0.717) is 19.4 Å². The quantitative estimate of drug-likeness (QED) is 0.0320. The second-order valence-electron chi connectivity index (χ2n) is 27.7. The van der Waals surface area contributed by atoms with Gasteiger partial charge in [0.15, 0.2) is 0 Å². The summed E-state index contributed by atoms with van der Waals surface area (Å²) >= 11 is 0. The molecule has 0 bridgehead atoms. The van der Waals surface area contributed by atoms with E-state index in [0.717, 1.165) is 51.4 Å². The lowest BCUT2D eigenvalue weighted by Crippen LogP contribution is -2.45. The Kier molecular flexibility index (Phi) is 76.3. The topological polar surface area (TPSA) is 95.9 Å². The standard InChI is InChI=1S/C83H157NO5/c1-3-5-7-9-11-13-15-17-19-44-47-51-55-59-63-67-71-75-81(86)80(79-85)84-82(87)76-72-68-64-60-56-52-48-45-42-40-38-36-34-32-30-28-26-24-22-21-23-25-27-29-31-33-35-37-39-41-43-46-50-54-58-62-66-70-74-78-89-83(88)77-73-69-65-61-57-53-49-20-18-16-14-12-10-8-6-4-2/h20-22,25,27,49,71,75,80-81,85-86H,3-19,23-24,26,28-48,50-70,72-74,76-79H2,1-2H3,(H,84,87)/b22-21-,27-25-,49-20-,75-71+. The maximum absolute atomic E-state index is 12.5. The van der Waals surface area contributed by atoms with Crippen molar-refractivity contribution in [2.45, 2.75) is 456 Å². The number of aliphatic hydroxyl groups is 2. The van der Waals surface area contributed by atoms with E-state index in [-0.39, 0.29) is 18.5 Å². The van der Waals surface area contributed by atoms with Crippen LogP contribution in [0.1, 0.15) is 444 Å². The molecule has 0 fully saturated rings. The van der Waals surface area contributed by atoms with E-state index in [9.17, 15) is 19.8 Å². The predicted octanol–water partition coefficient (Wildman–Crippen LogP) is 26.8. The zero-order chi connectivity index (χ0) is 64.2. The smallest absolute Gasteiger partial charge is 0.305 e. The van der Waals surface area contributed by atoms with Crippen LogP contribution in [0.4, 0.5) is 0 Å². The summed E-state index contributed by atoms with van der Waals surface area (Å²) in [7, 11) is 0. The van der Waals surface area contributed by atoms with E-state index in [2.05, 4.69) is 55.6 Å². The molecule has 524 valence electrons. The molecule has 6 nitrogen and oxygen atoms in total. The highest BCUT2D eigenvalue weighted by Crippen LogP contribution is 2.19. The van der Waals surface area contributed by atoms with Gasteiger partial charge in [0.2, 0.25) is 5.91 Å². The van der Waals surface area contributed by atoms with Gasteiger partial charge < -0.3 is 20.3 Å². The SMILES string of the molecule is CCCCCCCCC/C=C\CCCCCCCC(=O)OCCCCCCCCCCCCCCCCC/C=C\C/C=C\CCCCCCCCCCCCCCCCCCCC(=O)NC(CO)C(O)/C=C/CCCCCCCCCCCCCCCCC. The fourth-order valence-electron chi connectivity index (χ4n) is 12.7. The minimum Gasteiger partial charge on any atom is -0.466 e. The van der Waals surface area contributed by atoms with Crippen LogP contribution in [-0.2, 0) is 14.3 Å². The third-order valence-corrected chi connectivity index (χ3v) is 18.8. The molecule has 0 rings (SSSR count). The average molecular weight is 1250 g/mol. The number of hydrogen-bond acceptors (Lipinski definition) is 5. The molecular formula is C83H157NO5. The number of aliphatic hydroxyl groups excluding tert-OH is 2. The summed E-state index contributed by atoms with van der Waals surface area (Å²) in [4.78, 5) is 24.6. The third kappa shape index (κ3) is 74.7. The summed E-state index contributed by atoms with van der Waals surface area (Å²) in [5.74, 6) is -0.0485. The van der Waals surface area contributed by atoms with Crippen LogP contribution in [0, 0.1) is 0 Å². The maximum atomic E-state index is 12.5. The number of ether oxygens (including phenoxy) is 1. The minimum absolute atomic E-state index is 0.0132. The van der Waals surface area contributed by atoms with Gasteiger partial charge in [-0.1, -0.05) is 390 Å². The first-order chi connectivity index (χ1) is 44.0. The van der Waals surface area contributed by atoms with Crippen LogP contribution < -0.4 is 5.32 Å². The van der Waals surface area contributed by atoms with Crippen LogP contribution in [-0.4, -0.2) is 47.4 Å². The Balaban J connectivity index is 3.36. The summed E-state index contributed by atoms with van der Waals surface area (Å²) in [6.07, 6.45) is 104. The largest absolute Gasteiger partial charge is 0.466 e. The van der Waals surface area contributed by atoms with Gasteiger partial charge in [0, 0.05) is 12.8 Å². The van der Waals surface area contributed by atoms with Gasteiger partial charge >= 0.3 is 5.97 Å². The fraction of sp³-hybridized carbons (Fsp3) is 0.880. The molecule has 0 aliphatic carbocycles. The summed E-state index contributed by atoms with van der Waals surface area (Å²) in [6.45, 7) is 4.94. The predicted molar refractivity (Wildman–Crippen MR) is 393 cm³/mol. The van der Waals surface area contributed by atoms with Crippen molar-refractivity contribution >= 4 is 11.9 Å². The molecule has 0 aliphatic rings. The van der Waals surface area contributed by atoms with Crippen LogP contribution in [0.25, 0.3) is 0 Å². The van der Waals surface area contributed by atoms with Gasteiger partial charge in [-0.05, 0) is 89.9 Å². The highest BCUT2D eigenvalue weighted by Gasteiger charge is 2.18. The lowest BCUT2D eigenvalue weighted by Gasteiger charge is -2.20. The molecule has 0 saturated heterocycles. The van der Waals surface area contributed by atoms with Crippen molar-refractivity contribution in [1.29, 1.82) is 0 Å². The average Bonchev–Trinajstić information content (AvgIpc) is 3.63. The molecule has 0 aromatic rings. The van der Waals surface area contributed by atoms with Crippen LogP contribution in [0.2, 0.25) is 0 Å². The highest BCUT2D eigenvalue weighted by molar-refractivity contribution is 5.76. The van der Waals surface area contributed by atoms with Crippen LogP contribution in [0.5, 0.6) is 0 Å². The molecule has 2 atom stereocenters. The van der Waals surface area contributed by atoms with Gasteiger partial charge in [-0.15, -0.1) is 0 Å². The van der Waals surface area contributed by atoms with Gasteiger partial charge in [-0.25, -0.2) is 0 Å². The summed E-state index contributed by atoms with van der Waals surface area (Å²) in [6, 6.07) is -0.626. The zero-order valence-electron chi connectivity index (χ0n) is 60.2. The second kappa shape index (κ2) is 78.3. The van der Waals surface area contributed by atoms with E-state index in [1.165, 1.54) is 366 Å². The number of unbranched alkanes of at least 4 members (excludes halogenated alkanes) is 59. The summed E-state index contributed by atoms with van der Waals surface area (Å²) < 4.78 is 5.50. The number of hydrogen-bond donors (Lipinski definition) is 3. The van der Waals surface area contributed by atoms with Crippen molar-refractivity contribution in [2.75, 3.05) is 13.2 Å². The number of nitrogens with one attached hydrogen (secondary N) is 1. The first-order valence-corrected chi connectivity index (χ1v) is 40.4. The summed E-state index contributed by atoms with van der Waals surface area (Å²) in [5, 5.41) is 23.2. The number of amides is 1. The first kappa shape index (κ1) is 86.8. The Labute approximate surface area is 556 Å². The first-order valence-electron chi connectivity index (χ1n) is 40.4. The maximum Gasteiger partial charge on any atom is 0.305 e. The number of rotatable bonds is 76. The van der Waals surface area contributed by atoms with Crippen molar-refractivity contribution in [3.8, 4) is 0 Å². The Morgan fingerprint density at radius 3 is 0.865 bits per heavy atom. The second-order valence-corrected chi connectivity index (χ2v) is 27.7. The molecule has 0 aromatic heterocycles. The van der Waals surface area contributed by atoms with Crippen molar-refractivity contribution in [1.82, 2.24) is 5.32 Å². The number of carbonyl (C=O) groups is 2. The summed E-state index contributed by atoms with van der Waals surface area (Å²) in [5.41, 5.74) is 0. The third-order valence-electron chi connectivity index (χ3n) is 18.8. The molecular weight excluding hydrogens is 1090 g/mol. The number of carbonyl (C=O) groups excluding carboxylic acids is 2. The molecule has 0 aromatic carbocycles. The molecule has 0 spiro atoms. The molecule has 2 unspecified atom stereocenters. The van der Waals surface area contributed by atoms with Gasteiger partial charge in [-0.3, -0.25) is 9.59 Å². The Morgan fingerprint density at radius 2 is 0.562 bits per heavy atom. The Morgan fingerprint density at radius 1 is 0.315 bits per heavy atom. The van der Waals surface area contributed by atoms with E-state index in [4.69, 9.17) is 4.74 Å². The van der Waals surface area contributed by atoms with Gasteiger partial charge in [0.25, 0.3) is 0 Å². The monoisotopic (exact) mass is 1250 g/mol. The number of esters is 1. The zero-order valence-corrected chi connectivity index (χ0v) is 60.2. The normalized spacial score (nSPS) is 12.7. The van der Waals surface area contributed by atoms with E-state index in [1.54, 1.807) is 6.08 Å². The molecule has 0 heterocycles. The Bertz CT molecular complexity index is 1490. The van der Waals surface area contributed by atoms with Gasteiger partial charge in [0.1, 0.15) is 0 Å². The van der Waals surface area contributed by atoms with Crippen LogP contribution in [0.15, 0.2) is 48.6 Å². The molecule has 89 heavy (non-hydrogen) atoms. The van der Waals surface area contributed by atoms with Crippen LogP contribution >= 0.6 is 0 Å². The minimum atomic E-state index is -0.843.